The summed E-state index contributed by atoms with van der Waals surface area (Å²) in [6, 6.07) is 0. The van der Waals surface area contributed by atoms with Gasteiger partial charge >= 0.3 is 0 Å². The summed E-state index contributed by atoms with van der Waals surface area (Å²) in [6.45, 7) is 5.35. The van der Waals surface area contributed by atoms with E-state index in [1.54, 1.807) is 18.4 Å². The highest BCUT2D eigenvalue weighted by Crippen LogP contribution is 2.42. The standard InChI is InChI=1S/C17H25N3O2S/c1-12-14(9-18-17(5-7-21-2)6-8-22-11-17)20-15(13-3-4-13)10-23-16(20)19-12/h10,13,18H,3-9,11H2,1-2H3. The number of thiazole rings is 1. The lowest BCUT2D eigenvalue weighted by Crippen LogP contribution is -2.46. The third-order valence-corrected chi connectivity index (χ3v) is 6.04. The van der Waals surface area contributed by atoms with E-state index in [1.807, 2.05) is 0 Å². The van der Waals surface area contributed by atoms with Crippen molar-refractivity contribution in [2.24, 2.45) is 0 Å². The van der Waals surface area contributed by atoms with Crippen LogP contribution in [-0.2, 0) is 16.0 Å². The number of nitrogens with zero attached hydrogens (tertiary/aromatic N) is 2. The Morgan fingerprint density at radius 1 is 1.52 bits per heavy atom. The van der Waals surface area contributed by atoms with Crippen LogP contribution >= 0.6 is 11.3 Å². The van der Waals surface area contributed by atoms with Gasteiger partial charge in [0.1, 0.15) is 0 Å². The molecule has 1 unspecified atom stereocenters. The van der Waals surface area contributed by atoms with E-state index in [0.29, 0.717) is 0 Å². The molecule has 0 bridgehead atoms. The number of aromatic nitrogens is 2. The molecule has 1 aliphatic heterocycles. The quantitative estimate of drug-likeness (QED) is 0.845. The number of nitrogens with one attached hydrogen (secondary N) is 1. The minimum Gasteiger partial charge on any atom is -0.385 e. The van der Waals surface area contributed by atoms with Crippen molar-refractivity contribution >= 4 is 16.3 Å². The number of fused-ring (bicyclic) bond motifs is 1. The molecular weight excluding hydrogens is 310 g/mol. The summed E-state index contributed by atoms with van der Waals surface area (Å²) in [5, 5.41) is 6.07. The van der Waals surface area contributed by atoms with Gasteiger partial charge in [0.2, 0.25) is 0 Å². The van der Waals surface area contributed by atoms with Gasteiger partial charge in [0.15, 0.2) is 4.96 Å². The van der Waals surface area contributed by atoms with Crippen LogP contribution in [-0.4, -0.2) is 41.9 Å². The summed E-state index contributed by atoms with van der Waals surface area (Å²) in [4.78, 5) is 5.89. The second-order valence-electron chi connectivity index (χ2n) is 6.88. The lowest BCUT2D eigenvalue weighted by molar-refractivity contribution is 0.126. The van der Waals surface area contributed by atoms with Crippen molar-refractivity contribution in [3.63, 3.8) is 0 Å². The summed E-state index contributed by atoms with van der Waals surface area (Å²) < 4.78 is 13.4. The Morgan fingerprint density at radius 3 is 3.09 bits per heavy atom. The SMILES string of the molecule is COCCC1(NCc2c(C)nc3scc(C4CC4)n23)CCOC1. The normalized spacial score (nSPS) is 24.8. The molecule has 5 nitrogen and oxygen atoms in total. The first-order chi connectivity index (χ1) is 11.2. The molecule has 1 saturated carbocycles. The fourth-order valence-corrected chi connectivity index (χ4v) is 4.55. The molecule has 1 saturated heterocycles. The highest BCUT2D eigenvalue weighted by atomic mass is 32.1. The zero-order valence-corrected chi connectivity index (χ0v) is 14.7. The maximum Gasteiger partial charge on any atom is 0.194 e. The maximum atomic E-state index is 5.66. The molecule has 126 valence electrons. The van der Waals surface area contributed by atoms with Crippen LogP contribution in [0.3, 0.4) is 0 Å². The van der Waals surface area contributed by atoms with Crippen LogP contribution in [0.2, 0.25) is 0 Å². The molecule has 2 aromatic rings. The van der Waals surface area contributed by atoms with Crippen LogP contribution < -0.4 is 5.32 Å². The van der Waals surface area contributed by atoms with Gasteiger partial charge < -0.3 is 14.8 Å². The largest absolute Gasteiger partial charge is 0.385 e. The average molecular weight is 335 g/mol. The van der Waals surface area contributed by atoms with E-state index in [4.69, 9.17) is 14.5 Å². The summed E-state index contributed by atoms with van der Waals surface area (Å²) in [5.74, 6) is 0.744. The van der Waals surface area contributed by atoms with Gasteiger partial charge in [-0.05, 0) is 32.6 Å². The Labute approximate surface area is 141 Å². The van der Waals surface area contributed by atoms with Crippen molar-refractivity contribution < 1.29 is 9.47 Å². The molecule has 6 heteroatoms. The summed E-state index contributed by atoms with van der Waals surface area (Å²) in [7, 11) is 1.77. The molecule has 1 atom stereocenters. The minimum absolute atomic E-state index is 0.0440. The Balaban J connectivity index is 1.57. The molecule has 4 rings (SSSR count). The highest BCUT2D eigenvalue weighted by molar-refractivity contribution is 7.15. The molecule has 1 N–H and O–H groups in total. The van der Waals surface area contributed by atoms with E-state index in [1.165, 1.54) is 24.2 Å². The second kappa shape index (κ2) is 6.16. The molecule has 0 aromatic carbocycles. The van der Waals surface area contributed by atoms with Gasteiger partial charge in [-0.3, -0.25) is 4.40 Å². The van der Waals surface area contributed by atoms with E-state index in [2.05, 4.69) is 22.0 Å². The van der Waals surface area contributed by atoms with Crippen LogP contribution in [0, 0.1) is 6.92 Å². The van der Waals surface area contributed by atoms with E-state index in [0.717, 1.165) is 55.8 Å². The van der Waals surface area contributed by atoms with Crippen molar-refractivity contribution in [2.75, 3.05) is 26.9 Å². The molecule has 2 aromatic heterocycles. The monoisotopic (exact) mass is 335 g/mol. The van der Waals surface area contributed by atoms with E-state index < -0.39 is 0 Å². The van der Waals surface area contributed by atoms with Gasteiger partial charge in [-0.1, -0.05) is 0 Å². The molecule has 0 radical (unpaired) electrons. The smallest absolute Gasteiger partial charge is 0.194 e. The van der Waals surface area contributed by atoms with Crippen LogP contribution in [0.25, 0.3) is 4.96 Å². The molecule has 0 amide bonds. The highest BCUT2D eigenvalue weighted by Gasteiger charge is 2.35. The predicted molar refractivity (Wildman–Crippen MR) is 91.3 cm³/mol. The van der Waals surface area contributed by atoms with Crippen molar-refractivity contribution in [2.45, 2.75) is 50.6 Å². The molecule has 2 fully saturated rings. The van der Waals surface area contributed by atoms with Gasteiger partial charge in [-0.25, -0.2) is 4.98 Å². The molecule has 23 heavy (non-hydrogen) atoms. The number of hydrogen-bond acceptors (Lipinski definition) is 5. The van der Waals surface area contributed by atoms with Crippen molar-refractivity contribution in [3.8, 4) is 0 Å². The zero-order chi connectivity index (χ0) is 15.9. The van der Waals surface area contributed by atoms with Gasteiger partial charge in [0.05, 0.1) is 18.0 Å². The zero-order valence-electron chi connectivity index (χ0n) is 13.9. The molecule has 3 heterocycles. The molecule has 2 aliphatic rings. The lowest BCUT2D eigenvalue weighted by atomic mass is 9.94. The maximum absolute atomic E-state index is 5.66. The first-order valence-corrected chi connectivity index (χ1v) is 9.37. The van der Waals surface area contributed by atoms with Crippen LogP contribution in [0.1, 0.15) is 48.7 Å². The fourth-order valence-electron chi connectivity index (χ4n) is 3.51. The Bertz CT molecular complexity index is 683. The fraction of sp³-hybridized carbons (Fsp3) is 0.706. The minimum atomic E-state index is 0.0440. The number of aryl methyl sites for hydroxylation is 1. The lowest BCUT2D eigenvalue weighted by Gasteiger charge is -2.28. The number of rotatable bonds is 7. The number of methoxy groups -OCH3 is 1. The number of imidazole rings is 1. The Hall–Kier alpha value is -0.950. The van der Waals surface area contributed by atoms with E-state index in [9.17, 15) is 0 Å². The van der Waals surface area contributed by atoms with Crippen molar-refractivity contribution in [3.05, 3.63) is 22.5 Å². The molecular formula is C17H25N3O2S. The van der Waals surface area contributed by atoms with Crippen molar-refractivity contribution in [1.29, 1.82) is 0 Å². The second-order valence-corrected chi connectivity index (χ2v) is 7.71. The Kier molecular flexibility index (Phi) is 4.17. The van der Waals surface area contributed by atoms with Crippen LogP contribution in [0.4, 0.5) is 0 Å². The summed E-state index contributed by atoms with van der Waals surface area (Å²) in [6.07, 6.45) is 4.68. The van der Waals surface area contributed by atoms with Crippen LogP contribution in [0.15, 0.2) is 5.38 Å². The third-order valence-electron chi connectivity index (χ3n) is 5.20. The Morgan fingerprint density at radius 2 is 2.39 bits per heavy atom. The number of ether oxygens (including phenoxy) is 2. The first-order valence-electron chi connectivity index (χ1n) is 8.49. The average Bonchev–Trinajstić information content (AvgIpc) is 3.01. The summed E-state index contributed by atoms with van der Waals surface area (Å²) >= 11 is 1.77. The summed E-state index contributed by atoms with van der Waals surface area (Å²) in [5.41, 5.74) is 3.96. The third kappa shape index (κ3) is 2.93. The number of hydrogen-bond donors (Lipinski definition) is 1. The van der Waals surface area contributed by atoms with Crippen LogP contribution in [0.5, 0.6) is 0 Å². The molecule has 1 aliphatic carbocycles. The van der Waals surface area contributed by atoms with E-state index in [-0.39, 0.29) is 5.54 Å². The first kappa shape index (κ1) is 15.6. The van der Waals surface area contributed by atoms with Gasteiger partial charge in [-0.15, -0.1) is 11.3 Å². The molecule has 0 spiro atoms. The van der Waals surface area contributed by atoms with Gasteiger partial charge in [0, 0.05) is 49.4 Å². The van der Waals surface area contributed by atoms with Crippen molar-refractivity contribution in [1.82, 2.24) is 14.7 Å². The van der Waals surface area contributed by atoms with E-state index >= 15 is 0 Å². The van der Waals surface area contributed by atoms with Gasteiger partial charge in [-0.2, -0.15) is 0 Å². The van der Waals surface area contributed by atoms with Gasteiger partial charge in [0.25, 0.3) is 0 Å². The predicted octanol–water partition coefficient (Wildman–Crippen LogP) is 2.87. The topological polar surface area (TPSA) is 47.8 Å².